The van der Waals surface area contributed by atoms with Crippen molar-refractivity contribution in [3.05, 3.63) is 11.1 Å². The Balaban J connectivity index is 1.58. The molecule has 0 bridgehead atoms. The second-order valence-electron chi connectivity index (χ2n) is 9.71. The molecule has 4 nitrogen and oxygen atoms in total. The van der Waals surface area contributed by atoms with Gasteiger partial charge in [0.2, 0.25) is 11.2 Å². The first-order chi connectivity index (χ1) is 14.8. The lowest BCUT2D eigenvalue weighted by Crippen LogP contribution is -2.22. The van der Waals surface area contributed by atoms with E-state index in [-0.39, 0.29) is 0 Å². The predicted molar refractivity (Wildman–Crippen MR) is 127 cm³/mol. The molecule has 2 aliphatic carbocycles. The van der Waals surface area contributed by atoms with Crippen LogP contribution >= 0.6 is 11.6 Å². The number of rotatable bonds is 4. The molecule has 3 rings (SSSR count). The monoisotopic (exact) mass is 434 g/mol. The minimum atomic E-state index is 0.346. The van der Waals surface area contributed by atoms with E-state index < -0.39 is 0 Å². The summed E-state index contributed by atoms with van der Waals surface area (Å²) in [5, 5.41) is 3.98. The van der Waals surface area contributed by atoms with Crippen LogP contribution in [0.4, 0.5) is 5.95 Å². The van der Waals surface area contributed by atoms with E-state index in [4.69, 9.17) is 16.6 Å². The number of hydrogen-bond donors (Lipinski definition) is 1. The van der Waals surface area contributed by atoms with Crippen molar-refractivity contribution in [2.24, 2.45) is 5.92 Å². The van der Waals surface area contributed by atoms with Gasteiger partial charge in [-0.15, -0.1) is 0 Å². The Hall–Kier alpha value is -0.900. The number of hydrogen-bond acceptors (Lipinski definition) is 4. The molecule has 2 aliphatic rings. The molecule has 0 unspecified atom stereocenters. The zero-order valence-corrected chi connectivity index (χ0v) is 19.8. The van der Waals surface area contributed by atoms with Crippen molar-refractivity contribution in [3.8, 4) is 0 Å². The van der Waals surface area contributed by atoms with Crippen LogP contribution in [-0.2, 0) is 6.42 Å². The minimum absolute atomic E-state index is 0.346. The van der Waals surface area contributed by atoms with Crippen LogP contribution in [0.25, 0.3) is 0 Å². The molecule has 2 fully saturated rings. The van der Waals surface area contributed by atoms with Crippen molar-refractivity contribution in [1.29, 1.82) is 0 Å². The highest BCUT2D eigenvalue weighted by Crippen LogP contribution is 2.25. The maximum absolute atomic E-state index is 6.32. The quantitative estimate of drug-likeness (QED) is 0.523. The summed E-state index contributed by atoms with van der Waals surface area (Å²) >= 11 is 6.32. The Labute approximate surface area is 189 Å². The molecule has 5 heteroatoms. The van der Waals surface area contributed by atoms with Gasteiger partial charge < -0.3 is 5.32 Å². The van der Waals surface area contributed by atoms with Crippen molar-refractivity contribution in [2.45, 2.75) is 134 Å². The van der Waals surface area contributed by atoms with Crippen LogP contribution in [0.3, 0.4) is 0 Å². The average Bonchev–Trinajstić information content (AvgIpc) is 2.79. The number of halogens is 1. The van der Waals surface area contributed by atoms with Crippen LogP contribution in [0.1, 0.15) is 128 Å². The van der Waals surface area contributed by atoms with Crippen molar-refractivity contribution >= 4 is 17.5 Å². The van der Waals surface area contributed by atoms with E-state index >= 15 is 0 Å². The largest absolute Gasteiger partial charge is 0.351 e. The molecule has 1 aromatic rings. The van der Waals surface area contributed by atoms with Gasteiger partial charge in [0.05, 0.1) is 0 Å². The van der Waals surface area contributed by atoms with Gasteiger partial charge in [0.15, 0.2) is 0 Å². The molecule has 2 saturated carbocycles. The smallest absolute Gasteiger partial charge is 0.227 e. The van der Waals surface area contributed by atoms with Crippen LogP contribution in [0.2, 0.25) is 5.28 Å². The Morgan fingerprint density at radius 3 is 1.60 bits per heavy atom. The zero-order chi connectivity index (χ0) is 20.9. The van der Waals surface area contributed by atoms with Crippen LogP contribution in [0.15, 0.2) is 0 Å². The van der Waals surface area contributed by atoms with E-state index in [9.17, 15) is 0 Å². The first-order valence-electron chi connectivity index (χ1n) is 13.0. The lowest BCUT2D eigenvalue weighted by molar-refractivity contribution is 0.381. The van der Waals surface area contributed by atoms with Gasteiger partial charge in [-0.3, -0.25) is 0 Å². The van der Waals surface area contributed by atoms with E-state index in [2.05, 4.69) is 15.3 Å². The van der Waals surface area contributed by atoms with Gasteiger partial charge in [-0.25, -0.2) is 4.98 Å². The molecule has 1 N–H and O–H groups in total. The van der Waals surface area contributed by atoms with Crippen LogP contribution in [0.5, 0.6) is 0 Å². The molecule has 0 atom stereocenters. The van der Waals surface area contributed by atoms with Crippen LogP contribution in [0, 0.1) is 5.92 Å². The number of anilines is 1. The topological polar surface area (TPSA) is 50.7 Å². The standard InChI is InChI=1S/C25H43ClN4/c26-24-28-23(20-21-16-12-8-4-3-5-9-13-17-21)29-25(30-24)27-22-18-14-10-6-1-2-7-11-15-19-22/h21-22H,1-20H2,(H,27,28,29,30). The number of aromatic nitrogens is 3. The maximum Gasteiger partial charge on any atom is 0.227 e. The molecular formula is C25H43ClN4. The summed E-state index contributed by atoms with van der Waals surface area (Å²) in [6.45, 7) is 0. The van der Waals surface area contributed by atoms with Crippen LogP contribution < -0.4 is 5.32 Å². The fraction of sp³-hybridized carbons (Fsp3) is 0.880. The van der Waals surface area contributed by atoms with Gasteiger partial charge in [-0.2, -0.15) is 9.97 Å². The fourth-order valence-electron chi connectivity index (χ4n) is 5.22. The highest BCUT2D eigenvalue weighted by molar-refractivity contribution is 6.28. The van der Waals surface area contributed by atoms with Gasteiger partial charge in [-0.05, 0) is 30.4 Å². The van der Waals surface area contributed by atoms with Crippen molar-refractivity contribution in [1.82, 2.24) is 15.0 Å². The second kappa shape index (κ2) is 14.2. The number of nitrogens with one attached hydrogen (secondary N) is 1. The fourth-order valence-corrected chi connectivity index (χ4v) is 5.39. The lowest BCUT2D eigenvalue weighted by atomic mass is 9.90. The summed E-state index contributed by atoms with van der Waals surface area (Å²) in [5.41, 5.74) is 0. The molecule has 0 spiro atoms. The average molecular weight is 435 g/mol. The molecule has 0 radical (unpaired) electrons. The van der Waals surface area contributed by atoms with E-state index in [1.54, 1.807) is 0 Å². The molecule has 1 heterocycles. The SMILES string of the molecule is Clc1nc(CC2CCCCCCCCC2)nc(NC2CCCCCCCCCC2)n1. The summed E-state index contributed by atoms with van der Waals surface area (Å²) in [7, 11) is 0. The molecule has 0 saturated heterocycles. The molecular weight excluding hydrogens is 392 g/mol. The Morgan fingerprint density at radius 1 is 0.600 bits per heavy atom. The summed E-state index contributed by atoms with van der Waals surface area (Å²) < 4.78 is 0. The van der Waals surface area contributed by atoms with Crippen LogP contribution in [-0.4, -0.2) is 21.0 Å². The van der Waals surface area contributed by atoms with Crippen molar-refractivity contribution in [3.63, 3.8) is 0 Å². The highest BCUT2D eigenvalue weighted by Gasteiger charge is 2.16. The third-order valence-corrected chi connectivity index (χ3v) is 7.21. The Bertz CT molecular complexity index is 573. The van der Waals surface area contributed by atoms with Crippen molar-refractivity contribution < 1.29 is 0 Å². The first kappa shape index (κ1) is 23.8. The van der Waals surface area contributed by atoms with E-state index in [0.29, 0.717) is 23.2 Å². The minimum Gasteiger partial charge on any atom is -0.351 e. The summed E-state index contributed by atoms with van der Waals surface area (Å²) in [5.74, 6) is 2.27. The number of nitrogens with zero attached hydrogens (tertiary/aromatic N) is 3. The molecule has 1 aromatic heterocycles. The zero-order valence-electron chi connectivity index (χ0n) is 19.0. The lowest BCUT2D eigenvalue weighted by Gasteiger charge is -2.20. The van der Waals surface area contributed by atoms with Gasteiger partial charge >= 0.3 is 0 Å². The molecule has 170 valence electrons. The normalized spacial score (nSPS) is 22.2. The van der Waals surface area contributed by atoms with E-state index in [1.807, 2.05) is 0 Å². The molecule has 30 heavy (non-hydrogen) atoms. The predicted octanol–water partition coefficient (Wildman–Crippen LogP) is 7.90. The first-order valence-corrected chi connectivity index (χ1v) is 13.3. The Morgan fingerprint density at radius 2 is 1.07 bits per heavy atom. The van der Waals surface area contributed by atoms with Gasteiger partial charge in [0, 0.05) is 12.5 Å². The molecule has 0 aliphatic heterocycles. The van der Waals surface area contributed by atoms with E-state index in [1.165, 1.54) is 122 Å². The third kappa shape index (κ3) is 9.49. The molecule has 0 aromatic carbocycles. The summed E-state index contributed by atoms with van der Waals surface area (Å²) in [6.07, 6.45) is 26.5. The summed E-state index contributed by atoms with van der Waals surface area (Å²) in [4.78, 5) is 13.7. The summed E-state index contributed by atoms with van der Waals surface area (Å²) in [6, 6.07) is 0.461. The maximum atomic E-state index is 6.32. The Kier molecular flexibility index (Phi) is 11.3. The highest BCUT2D eigenvalue weighted by atomic mass is 35.5. The van der Waals surface area contributed by atoms with Gasteiger partial charge in [-0.1, -0.05) is 109 Å². The second-order valence-corrected chi connectivity index (χ2v) is 10.1. The van der Waals surface area contributed by atoms with Gasteiger partial charge in [0.1, 0.15) is 5.82 Å². The molecule has 0 amide bonds. The van der Waals surface area contributed by atoms with Crippen molar-refractivity contribution in [2.75, 3.05) is 5.32 Å². The van der Waals surface area contributed by atoms with E-state index in [0.717, 1.165) is 12.2 Å². The van der Waals surface area contributed by atoms with Gasteiger partial charge in [0.25, 0.3) is 0 Å². The third-order valence-electron chi connectivity index (χ3n) is 7.04.